The summed E-state index contributed by atoms with van der Waals surface area (Å²) in [5.74, 6) is 0. The van der Waals surface area contributed by atoms with Crippen LogP contribution in [0.25, 0.3) is 0 Å². The van der Waals surface area contributed by atoms with E-state index in [4.69, 9.17) is 5.11 Å². The molecule has 0 bridgehead atoms. The molecule has 0 spiro atoms. The van der Waals surface area contributed by atoms with E-state index in [1.54, 1.807) is 11.3 Å². The third kappa shape index (κ3) is 4.64. The molecule has 1 heterocycles. The third-order valence-electron chi connectivity index (χ3n) is 2.35. The van der Waals surface area contributed by atoms with E-state index in [9.17, 15) is 0 Å². The van der Waals surface area contributed by atoms with E-state index in [0.717, 1.165) is 12.8 Å². The monoisotopic (exact) mass is 291 g/mol. The topological polar surface area (TPSA) is 32.3 Å². The Kier molecular flexibility index (Phi) is 5.82. The van der Waals surface area contributed by atoms with Gasteiger partial charge >= 0.3 is 0 Å². The van der Waals surface area contributed by atoms with Crippen LogP contribution >= 0.6 is 27.3 Å². The highest BCUT2D eigenvalue weighted by Gasteiger charge is 2.10. The molecule has 0 radical (unpaired) electrons. The van der Waals surface area contributed by atoms with Crippen molar-refractivity contribution >= 4 is 27.3 Å². The molecule has 0 unspecified atom stereocenters. The Labute approximate surface area is 104 Å². The van der Waals surface area contributed by atoms with Crippen molar-refractivity contribution in [3.8, 4) is 0 Å². The van der Waals surface area contributed by atoms with Crippen LogP contribution in [0.4, 0.5) is 0 Å². The standard InChI is InChI=1S/C11H18BrNOS/c1-8(4-3-7-14)13-9(2)10-5-6-11(12)15-10/h5-6,8-9,13-14H,3-4,7H2,1-2H3/t8-,9+/m0/s1. The highest BCUT2D eigenvalue weighted by Crippen LogP contribution is 2.27. The summed E-state index contributed by atoms with van der Waals surface area (Å²) in [7, 11) is 0. The zero-order valence-corrected chi connectivity index (χ0v) is 11.6. The van der Waals surface area contributed by atoms with Crippen molar-refractivity contribution in [2.75, 3.05) is 6.61 Å². The minimum atomic E-state index is 0.283. The minimum Gasteiger partial charge on any atom is -0.396 e. The number of aliphatic hydroxyl groups excluding tert-OH is 1. The fourth-order valence-corrected chi connectivity index (χ4v) is 2.99. The summed E-state index contributed by atoms with van der Waals surface area (Å²) in [6, 6.07) is 5.06. The van der Waals surface area contributed by atoms with Crippen LogP contribution in [0, 0.1) is 0 Å². The molecule has 15 heavy (non-hydrogen) atoms. The largest absolute Gasteiger partial charge is 0.396 e. The van der Waals surface area contributed by atoms with Crippen LogP contribution in [0.1, 0.15) is 37.6 Å². The fraction of sp³-hybridized carbons (Fsp3) is 0.636. The normalized spacial score (nSPS) is 15.2. The van der Waals surface area contributed by atoms with Gasteiger partial charge < -0.3 is 10.4 Å². The van der Waals surface area contributed by atoms with E-state index < -0.39 is 0 Å². The number of halogens is 1. The van der Waals surface area contributed by atoms with E-state index >= 15 is 0 Å². The van der Waals surface area contributed by atoms with Gasteiger partial charge in [-0.2, -0.15) is 0 Å². The quantitative estimate of drug-likeness (QED) is 0.843. The van der Waals surface area contributed by atoms with Crippen LogP contribution in [-0.4, -0.2) is 17.8 Å². The molecule has 1 aromatic heterocycles. The molecule has 1 aromatic rings. The molecule has 2 nitrogen and oxygen atoms in total. The first-order valence-corrected chi connectivity index (χ1v) is 6.86. The second kappa shape index (κ2) is 6.63. The van der Waals surface area contributed by atoms with Gasteiger partial charge in [0.2, 0.25) is 0 Å². The number of rotatable bonds is 6. The molecule has 0 aliphatic heterocycles. The summed E-state index contributed by atoms with van der Waals surface area (Å²) in [5, 5.41) is 12.3. The summed E-state index contributed by atoms with van der Waals surface area (Å²) in [5.41, 5.74) is 0. The van der Waals surface area contributed by atoms with Crippen LogP contribution < -0.4 is 5.32 Å². The van der Waals surface area contributed by atoms with Crippen molar-refractivity contribution in [1.82, 2.24) is 5.32 Å². The highest BCUT2D eigenvalue weighted by atomic mass is 79.9. The first-order valence-electron chi connectivity index (χ1n) is 5.25. The lowest BCUT2D eigenvalue weighted by Gasteiger charge is -2.18. The second-order valence-corrected chi connectivity index (χ2v) is 6.29. The predicted octanol–water partition coefficient (Wildman–Crippen LogP) is 3.32. The maximum atomic E-state index is 8.74. The Balaban J connectivity index is 2.38. The van der Waals surface area contributed by atoms with E-state index in [2.05, 4.69) is 47.2 Å². The van der Waals surface area contributed by atoms with Crippen LogP contribution in [0.2, 0.25) is 0 Å². The Morgan fingerprint density at radius 1 is 1.47 bits per heavy atom. The van der Waals surface area contributed by atoms with Gasteiger partial charge in [0.05, 0.1) is 3.79 Å². The molecule has 0 amide bonds. The van der Waals surface area contributed by atoms with E-state index in [1.165, 1.54) is 8.66 Å². The lowest BCUT2D eigenvalue weighted by atomic mass is 10.1. The number of thiophene rings is 1. The molecule has 0 saturated heterocycles. The molecule has 0 saturated carbocycles. The fourth-order valence-electron chi connectivity index (χ4n) is 1.55. The van der Waals surface area contributed by atoms with Crippen LogP contribution in [0.15, 0.2) is 15.9 Å². The average Bonchev–Trinajstić information content (AvgIpc) is 2.61. The van der Waals surface area contributed by atoms with Gasteiger partial charge in [0, 0.05) is 23.6 Å². The van der Waals surface area contributed by atoms with Crippen molar-refractivity contribution in [2.45, 2.75) is 38.8 Å². The first kappa shape index (κ1) is 13.2. The molecule has 2 N–H and O–H groups in total. The summed E-state index contributed by atoms with van der Waals surface area (Å²) in [6.45, 7) is 4.62. The molecule has 86 valence electrons. The summed E-state index contributed by atoms with van der Waals surface area (Å²) in [4.78, 5) is 1.35. The maximum absolute atomic E-state index is 8.74. The van der Waals surface area contributed by atoms with E-state index in [0.29, 0.717) is 12.1 Å². The van der Waals surface area contributed by atoms with E-state index in [1.807, 2.05) is 0 Å². The van der Waals surface area contributed by atoms with Gasteiger partial charge in [0.1, 0.15) is 0 Å². The Morgan fingerprint density at radius 3 is 2.73 bits per heavy atom. The zero-order valence-electron chi connectivity index (χ0n) is 9.16. The first-order chi connectivity index (χ1) is 7.13. The molecule has 0 aromatic carbocycles. The highest BCUT2D eigenvalue weighted by molar-refractivity contribution is 9.11. The van der Waals surface area contributed by atoms with Crippen molar-refractivity contribution in [3.63, 3.8) is 0 Å². The molecular weight excluding hydrogens is 274 g/mol. The average molecular weight is 292 g/mol. The van der Waals surface area contributed by atoms with Crippen molar-refractivity contribution in [3.05, 3.63) is 20.8 Å². The Hall–Kier alpha value is 0.1000. The number of hydrogen-bond donors (Lipinski definition) is 2. The van der Waals surface area contributed by atoms with Gasteiger partial charge in [-0.3, -0.25) is 0 Å². The maximum Gasteiger partial charge on any atom is 0.0701 e. The van der Waals surface area contributed by atoms with Gasteiger partial charge in [-0.15, -0.1) is 11.3 Å². The van der Waals surface area contributed by atoms with Gasteiger partial charge in [0.25, 0.3) is 0 Å². The van der Waals surface area contributed by atoms with Gasteiger partial charge in [0.15, 0.2) is 0 Å². The molecule has 4 heteroatoms. The van der Waals surface area contributed by atoms with Crippen LogP contribution in [-0.2, 0) is 0 Å². The van der Waals surface area contributed by atoms with Gasteiger partial charge in [-0.1, -0.05) is 0 Å². The lowest BCUT2D eigenvalue weighted by molar-refractivity contribution is 0.274. The summed E-state index contributed by atoms with van der Waals surface area (Å²) in [6.07, 6.45) is 1.89. The number of aliphatic hydroxyl groups is 1. The smallest absolute Gasteiger partial charge is 0.0701 e. The molecule has 0 fully saturated rings. The van der Waals surface area contributed by atoms with Gasteiger partial charge in [-0.25, -0.2) is 0 Å². The minimum absolute atomic E-state index is 0.283. The predicted molar refractivity (Wildman–Crippen MR) is 69.4 cm³/mol. The molecule has 2 atom stereocenters. The van der Waals surface area contributed by atoms with Crippen LogP contribution in [0.3, 0.4) is 0 Å². The summed E-state index contributed by atoms with van der Waals surface area (Å²) < 4.78 is 1.18. The van der Waals surface area contributed by atoms with Crippen molar-refractivity contribution < 1.29 is 5.11 Å². The lowest BCUT2D eigenvalue weighted by Crippen LogP contribution is -2.28. The molecule has 0 aliphatic rings. The number of hydrogen-bond acceptors (Lipinski definition) is 3. The molecule has 0 aliphatic carbocycles. The third-order valence-corrected chi connectivity index (χ3v) is 4.16. The van der Waals surface area contributed by atoms with E-state index in [-0.39, 0.29) is 6.61 Å². The Bertz CT molecular complexity index is 290. The molecular formula is C11H18BrNOS. The van der Waals surface area contributed by atoms with Crippen molar-refractivity contribution in [1.29, 1.82) is 0 Å². The Morgan fingerprint density at radius 2 is 2.20 bits per heavy atom. The van der Waals surface area contributed by atoms with Crippen LogP contribution in [0.5, 0.6) is 0 Å². The molecule has 1 rings (SSSR count). The SMILES string of the molecule is C[C@@H](CCCO)N[C@H](C)c1ccc(Br)s1. The summed E-state index contributed by atoms with van der Waals surface area (Å²) >= 11 is 5.23. The second-order valence-electron chi connectivity index (χ2n) is 3.80. The number of nitrogens with one attached hydrogen (secondary N) is 1. The van der Waals surface area contributed by atoms with Gasteiger partial charge in [-0.05, 0) is 54.8 Å². The van der Waals surface area contributed by atoms with Crippen molar-refractivity contribution in [2.24, 2.45) is 0 Å². The zero-order chi connectivity index (χ0) is 11.3.